The first-order chi connectivity index (χ1) is 15.0. The minimum Gasteiger partial charge on any atom is -0.480 e. The van der Waals surface area contributed by atoms with Crippen molar-refractivity contribution in [3.8, 4) is 11.1 Å². The second kappa shape index (κ2) is 10.6. The summed E-state index contributed by atoms with van der Waals surface area (Å²) in [6.45, 7) is 1.73. The number of nitrogens with one attached hydrogen (secondary N) is 2. The van der Waals surface area contributed by atoms with Gasteiger partial charge < -0.3 is 25.2 Å². The number of aliphatic carboxylic acids is 1. The van der Waals surface area contributed by atoms with Crippen LogP contribution in [0.3, 0.4) is 0 Å². The molecule has 0 fully saturated rings. The summed E-state index contributed by atoms with van der Waals surface area (Å²) in [4.78, 5) is 35.0. The number of fused-ring (bicyclic) bond motifs is 3. The molecule has 0 aliphatic heterocycles. The maximum absolute atomic E-state index is 12.3. The van der Waals surface area contributed by atoms with Crippen LogP contribution in [-0.2, 0) is 19.1 Å². The molecule has 8 heteroatoms. The van der Waals surface area contributed by atoms with Crippen LogP contribution in [0.15, 0.2) is 48.5 Å². The number of benzene rings is 2. The first kappa shape index (κ1) is 22.3. The largest absolute Gasteiger partial charge is 0.480 e. The van der Waals surface area contributed by atoms with E-state index in [4.69, 9.17) is 14.6 Å². The van der Waals surface area contributed by atoms with Gasteiger partial charge in [-0.15, -0.1) is 0 Å². The zero-order valence-corrected chi connectivity index (χ0v) is 17.3. The third-order valence-corrected chi connectivity index (χ3v) is 5.13. The van der Waals surface area contributed by atoms with E-state index in [-0.39, 0.29) is 31.6 Å². The fourth-order valence-electron chi connectivity index (χ4n) is 3.66. The third-order valence-electron chi connectivity index (χ3n) is 5.13. The van der Waals surface area contributed by atoms with E-state index >= 15 is 0 Å². The van der Waals surface area contributed by atoms with Crippen LogP contribution < -0.4 is 10.6 Å². The molecule has 0 spiro atoms. The number of carbonyl (C=O) groups excluding carboxylic acids is 2. The van der Waals surface area contributed by atoms with E-state index < -0.39 is 24.7 Å². The van der Waals surface area contributed by atoms with Crippen molar-refractivity contribution >= 4 is 18.0 Å². The van der Waals surface area contributed by atoms with Crippen molar-refractivity contribution < 1.29 is 29.0 Å². The Hall–Kier alpha value is -3.39. The Bertz CT molecular complexity index is 900. The number of alkyl carbamates (subject to hydrolysis) is 1. The van der Waals surface area contributed by atoms with Gasteiger partial charge in [0, 0.05) is 12.5 Å². The van der Waals surface area contributed by atoms with Gasteiger partial charge in [0.15, 0.2) is 0 Å². The Morgan fingerprint density at radius 3 is 2.23 bits per heavy atom. The summed E-state index contributed by atoms with van der Waals surface area (Å²) in [5.41, 5.74) is 4.51. The zero-order valence-electron chi connectivity index (χ0n) is 17.3. The van der Waals surface area contributed by atoms with Crippen LogP contribution in [0.4, 0.5) is 4.79 Å². The van der Waals surface area contributed by atoms with E-state index in [0.717, 1.165) is 22.3 Å². The van der Waals surface area contributed by atoms with E-state index in [1.54, 1.807) is 6.92 Å². The lowest BCUT2D eigenvalue weighted by Gasteiger charge is -2.18. The standard InChI is InChI=1S/C23H26N2O6/c1-2-20(22(28)24-11-12-30-14-21(26)27)25-23(29)31-13-19-17-9-5-3-7-15(17)16-8-4-6-10-18(16)19/h3-10,19-20H,2,11-14H2,1H3,(H,24,28)(H,25,29)(H,26,27)/t20-/m1/s1. The normalized spacial score (nSPS) is 13.1. The molecule has 2 aromatic carbocycles. The second-order valence-electron chi connectivity index (χ2n) is 7.17. The Balaban J connectivity index is 1.51. The smallest absolute Gasteiger partial charge is 0.407 e. The van der Waals surface area contributed by atoms with Crippen molar-refractivity contribution in [1.29, 1.82) is 0 Å². The van der Waals surface area contributed by atoms with E-state index in [1.807, 2.05) is 36.4 Å². The molecule has 8 nitrogen and oxygen atoms in total. The van der Waals surface area contributed by atoms with Crippen LogP contribution in [0, 0.1) is 0 Å². The molecule has 1 aliphatic rings. The number of hydrogen-bond donors (Lipinski definition) is 3. The lowest BCUT2D eigenvalue weighted by Crippen LogP contribution is -2.47. The molecular weight excluding hydrogens is 400 g/mol. The lowest BCUT2D eigenvalue weighted by molar-refractivity contribution is -0.142. The van der Waals surface area contributed by atoms with Gasteiger partial charge in [-0.25, -0.2) is 9.59 Å². The molecule has 3 rings (SSSR count). The second-order valence-corrected chi connectivity index (χ2v) is 7.17. The molecule has 0 saturated carbocycles. The number of hydrogen-bond acceptors (Lipinski definition) is 5. The van der Waals surface area contributed by atoms with Gasteiger partial charge in [0.25, 0.3) is 0 Å². The molecule has 0 bridgehead atoms. The first-order valence-corrected chi connectivity index (χ1v) is 10.2. The summed E-state index contributed by atoms with van der Waals surface area (Å²) in [7, 11) is 0. The van der Waals surface area contributed by atoms with Crippen LogP contribution in [-0.4, -0.2) is 55.5 Å². The average molecular weight is 426 g/mol. The summed E-state index contributed by atoms with van der Waals surface area (Å²) in [5.74, 6) is -1.51. The number of rotatable bonds is 10. The molecule has 0 unspecified atom stereocenters. The molecule has 0 radical (unpaired) electrons. The fraction of sp³-hybridized carbons (Fsp3) is 0.348. The van der Waals surface area contributed by atoms with Gasteiger partial charge in [-0.1, -0.05) is 55.5 Å². The maximum Gasteiger partial charge on any atom is 0.407 e. The predicted octanol–water partition coefficient (Wildman–Crippen LogP) is 2.52. The highest BCUT2D eigenvalue weighted by Gasteiger charge is 2.29. The summed E-state index contributed by atoms with van der Waals surface area (Å²) < 4.78 is 10.3. The van der Waals surface area contributed by atoms with Crippen LogP contribution in [0.2, 0.25) is 0 Å². The van der Waals surface area contributed by atoms with E-state index in [1.165, 1.54) is 0 Å². The Labute approximate surface area is 180 Å². The van der Waals surface area contributed by atoms with Gasteiger partial charge in [-0.3, -0.25) is 4.79 Å². The average Bonchev–Trinajstić information content (AvgIpc) is 3.09. The summed E-state index contributed by atoms with van der Waals surface area (Å²) in [6, 6.07) is 15.4. The Morgan fingerprint density at radius 1 is 1.03 bits per heavy atom. The summed E-state index contributed by atoms with van der Waals surface area (Å²) in [6.07, 6.45) is -0.280. The topological polar surface area (TPSA) is 114 Å². The molecule has 0 aromatic heterocycles. The quantitative estimate of drug-likeness (QED) is 0.503. The number of carboxylic acid groups (broad SMARTS) is 1. The molecule has 2 aromatic rings. The van der Waals surface area contributed by atoms with Crippen molar-refractivity contribution in [2.45, 2.75) is 25.3 Å². The van der Waals surface area contributed by atoms with Gasteiger partial charge in [-0.2, -0.15) is 0 Å². The van der Waals surface area contributed by atoms with E-state index in [0.29, 0.717) is 6.42 Å². The van der Waals surface area contributed by atoms with Crippen molar-refractivity contribution in [2.24, 2.45) is 0 Å². The number of amides is 2. The highest BCUT2D eigenvalue weighted by Crippen LogP contribution is 2.44. The molecule has 0 saturated heterocycles. The first-order valence-electron chi connectivity index (χ1n) is 10.2. The van der Waals surface area contributed by atoms with Crippen molar-refractivity contribution in [2.75, 3.05) is 26.4 Å². The van der Waals surface area contributed by atoms with Crippen molar-refractivity contribution in [1.82, 2.24) is 10.6 Å². The van der Waals surface area contributed by atoms with Crippen LogP contribution in [0.1, 0.15) is 30.4 Å². The van der Waals surface area contributed by atoms with E-state index in [9.17, 15) is 14.4 Å². The monoisotopic (exact) mass is 426 g/mol. The molecule has 0 heterocycles. The minimum absolute atomic E-state index is 0.0570. The Kier molecular flexibility index (Phi) is 7.61. The molecular formula is C23H26N2O6. The van der Waals surface area contributed by atoms with Crippen LogP contribution in [0.25, 0.3) is 11.1 Å². The molecule has 1 aliphatic carbocycles. The van der Waals surface area contributed by atoms with Crippen LogP contribution >= 0.6 is 0 Å². The molecule has 164 valence electrons. The molecule has 2 amide bonds. The zero-order chi connectivity index (χ0) is 22.2. The number of carbonyl (C=O) groups is 3. The summed E-state index contributed by atoms with van der Waals surface area (Å²) in [5, 5.41) is 13.7. The van der Waals surface area contributed by atoms with E-state index in [2.05, 4.69) is 22.8 Å². The molecule has 31 heavy (non-hydrogen) atoms. The number of ether oxygens (including phenoxy) is 2. The highest BCUT2D eigenvalue weighted by molar-refractivity contribution is 5.85. The Morgan fingerprint density at radius 2 is 1.65 bits per heavy atom. The lowest BCUT2D eigenvalue weighted by atomic mass is 9.98. The summed E-state index contributed by atoms with van der Waals surface area (Å²) >= 11 is 0. The predicted molar refractivity (Wildman–Crippen MR) is 114 cm³/mol. The van der Waals surface area contributed by atoms with Gasteiger partial charge >= 0.3 is 12.1 Å². The van der Waals surface area contributed by atoms with Gasteiger partial charge in [-0.05, 0) is 28.7 Å². The third kappa shape index (κ3) is 5.61. The molecule has 1 atom stereocenters. The van der Waals surface area contributed by atoms with Crippen molar-refractivity contribution in [3.63, 3.8) is 0 Å². The van der Waals surface area contributed by atoms with Crippen LogP contribution in [0.5, 0.6) is 0 Å². The van der Waals surface area contributed by atoms with Gasteiger partial charge in [0.2, 0.25) is 5.91 Å². The minimum atomic E-state index is -1.07. The fourth-order valence-corrected chi connectivity index (χ4v) is 3.66. The van der Waals surface area contributed by atoms with Gasteiger partial charge in [0.05, 0.1) is 6.61 Å². The maximum atomic E-state index is 12.3. The molecule has 3 N–H and O–H groups in total. The number of carboxylic acids is 1. The van der Waals surface area contributed by atoms with Crippen molar-refractivity contribution in [3.05, 3.63) is 59.7 Å². The van der Waals surface area contributed by atoms with Gasteiger partial charge in [0.1, 0.15) is 19.3 Å². The SMILES string of the molecule is CC[C@@H](NC(=O)OCC1c2ccccc2-c2ccccc21)C(=O)NCCOCC(=O)O. The highest BCUT2D eigenvalue weighted by atomic mass is 16.5.